The van der Waals surface area contributed by atoms with Gasteiger partial charge in [-0.3, -0.25) is 9.59 Å². The molecule has 1 rings (SSSR count). The predicted molar refractivity (Wildman–Crippen MR) is 67.7 cm³/mol. The number of carbonyl (C=O) groups is 3. The minimum absolute atomic E-state index is 0.0778. The van der Waals surface area contributed by atoms with Crippen LogP contribution in [0.15, 0.2) is 0 Å². The van der Waals surface area contributed by atoms with Crippen molar-refractivity contribution in [2.45, 2.75) is 19.4 Å². The molecule has 0 bridgehead atoms. The molecule has 0 aromatic carbocycles. The maximum absolute atomic E-state index is 11.7. The Labute approximate surface area is 111 Å². The molecule has 0 saturated carbocycles. The van der Waals surface area contributed by atoms with Gasteiger partial charge in [0.15, 0.2) is 0 Å². The lowest BCUT2D eigenvalue weighted by molar-refractivity contribution is -0.137. The molecule has 1 heterocycles. The highest BCUT2D eigenvalue weighted by Gasteiger charge is 2.17. The van der Waals surface area contributed by atoms with E-state index in [9.17, 15) is 14.4 Å². The summed E-state index contributed by atoms with van der Waals surface area (Å²) in [5, 5.41) is 16.6. The Kier molecular flexibility index (Phi) is 6.07. The van der Waals surface area contributed by atoms with E-state index in [4.69, 9.17) is 5.11 Å². The summed E-state index contributed by atoms with van der Waals surface area (Å²) in [7, 11) is 0. The van der Waals surface area contributed by atoms with E-state index in [1.807, 2.05) is 0 Å². The summed E-state index contributed by atoms with van der Waals surface area (Å²) in [5.41, 5.74) is 0. The first-order chi connectivity index (χ1) is 8.99. The minimum Gasteiger partial charge on any atom is -0.481 e. The molecule has 0 aliphatic carbocycles. The van der Waals surface area contributed by atoms with Crippen LogP contribution in [-0.4, -0.2) is 66.7 Å². The maximum atomic E-state index is 11.7. The van der Waals surface area contributed by atoms with Gasteiger partial charge in [0, 0.05) is 32.2 Å². The fourth-order valence-electron chi connectivity index (χ4n) is 1.77. The van der Waals surface area contributed by atoms with Crippen molar-refractivity contribution in [3.8, 4) is 0 Å². The van der Waals surface area contributed by atoms with Crippen molar-refractivity contribution in [1.82, 2.24) is 20.9 Å². The molecule has 4 N–H and O–H groups in total. The van der Waals surface area contributed by atoms with Crippen molar-refractivity contribution in [3.63, 3.8) is 0 Å². The third-order valence-electron chi connectivity index (χ3n) is 2.73. The van der Waals surface area contributed by atoms with Crippen molar-refractivity contribution < 1.29 is 19.5 Å². The molecular formula is C11H20N4O4. The van der Waals surface area contributed by atoms with Crippen LogP contribution < -0.4 is 16.0 Å². The largest absolute Gasteiger partial charge is 0.481 e. The van der Waals surface area contributed by atoms with E-state index in [1.54, 1.807) is 11.8 Å². The van der Waals surface area contributed by atoms with Gasteiger partial charge in [-0.15, -0.1) is 0 Å². The van der Waals surface area contributed by atoms with Crippen LogP contribution in [0.2, 0.25) is 0 Å². The first-order valence-corrected chi connectivity index (χ1v) is 6.23. The molecule has 0 spiro atoms. The van der Waals surface area contributed by atoms with Gasteiger partial charge >= 0.3 is 12.0 Å². The highest BCUT2D eigenvalue weighted by atomic mass is 16.4. The summed E-state index contributed by atoms with van der Waals surface area (Å²) in [6.07, 6.45) is -0.154. The number of carbonyl (C=O) groups excluding carboxylic acids is 2. The van der Waals surface area contributed by atoms with Crippen LogP contribution in [0.1, 0.15) is 13.3 Å². The van der Waals surface area contributed by atoms with Gasteiger partial charge in [-0.2, -0.15) is 0 Å². The fourth-order valence-corrected chi connectivity index (χ4v) is 1.77. The van der Waals surface area contributed by atoms with Gasteiger partial charge in [-0.05, 0) is 6.92 Å². The molecule has 8 nitrogen and oxygen atoms in total. The van der Waals surface area contributed by atoms with Crippen molar-refractivity contribution in [2.75, 3.05) is 32.7 Å². The van der Waals surface area contributed by atoms with Gasteiger partial charge in [0.25, 0.3) is 0 Å². The monoisotopic (exact) mass is 272 g/mol. The molecule has 1 unspecified atom stereocenters. The number of carboxylic acid groups (broad SMARTS) is 1. The molecule has 1 atom stereocenters. The van der Waals surface area contributed by atoms with Crippen LogP contribution in [0, 0.1) is 0 Å². The van der Waals surface area contributed by atoms with Crippen molar-refractivity contribution in [3.05, 3.63) is 0 Å². The quantitative estimate of drug-likeness (QED) is 0.491. The fraction of sp³-hybridized carbons (Fsp3) is 0.727. The van der Waals surface area contributed by atoms with E-state index >= 15 is 0 Å². The molecule has 19 heavy (non-hydrogen) atoms. The van der Waals surface area contributed by atoms with E-state index < -0.39 is 18.0 Å². The van der Waals surface area contributed by atoms with Gasteiger partial charge in [0.1, 0.15) is 0 Å². The SMILES string of the molecule is CC(CC(=O)O)NC(=O)NCC(=O)N1CCNCC1. The molecule has 0 radical (unpaired) electrons. The molecule has 8 heteroatoms. The van der Waals surface area contributed by atoms with Crippen LogP contribution in [0.5, 0.6) is 0 Å². The Hall–Kier alpha value is -1.83. The van der Waals surface area contributed by atoms with E-state index in [-0.39, 0.29) is 18.9 Å². The number of hydrogen-bond donors (Lipinski definition) is 4. The van der Waals surface area contributed by atoms with Crippen LogP contribution in [0.3, 0.4) is 0 Å². The molecule has 1 aliphatic rings. The number of carboxylic acids is 1. The third-order valence-corrected chi connectivity index (χ3v) is 2.73. The van der Waals surface area contributed by atoms with Crippen molar-refractivity contribution >= 4 is 17.9 Å². The number of piperazine rings is 1. The van der Waals surface area contributed by atoms with E-state index in [0.29, 0.717) is 13.1 Å². The average molecular weight is 272 g/mol. The minimum atomic E-state index is -0.982. The highest BCUT2D eigenvalue weighted by Crippen LogP contribution is 1.93. The summed E-state index contributed by atoms with van der Waals surface area (Å²) in [6, 6.07) is -1.01. The normalized spacial score (nSPS) is 16.6. The lowest BCUT2D eigenvalue weighted by atomic mass is 10.2. The van der Waals surface area contributed by atoms with Crippen LogP contribution in [0.25, 0.3) is 0 Å². The third kappa shape index (κ3) is 6.05. The summed E-state index contributed by atoms with van der Waals surface area (Å²) >= 11 is 0. The van der Waals surface area contributed by atoms with Crippen molar-refractivity contribution in [1.29, 1.82) is 0 Å². The second-order valence-electron chi connectivity index (χ2n) is 4.46. The molecular weight excluding hydrogens is 252 g/mol. The molecule has 0 aromatic heterocycles. The zero-order chi connectivity index (χ0) is 14.3. The summed E-state index contributed by atoms with van der Waals surface area (Å²) in [4.78, 5) is 35.3. The molecule has 3 amide bonds. The molecule has 108 valence electrons. The van der Waals surface area contributed by atoms with E-state index in [2.05, 4.69) is 16.0 Å². The number of nitrogens with zero attached hydrogens (tertiary/aromatic N) is 1. The zero-order valence-corrected chi connectivity index (χ0v) is 10.9. The summed E-state index contributed by atoms with van der Waals surface area (Å²) in [6.45, 7) is 4.30. The Morgan fingerprint density at radius 1 is 1.32 bits per heavy atom. The van der Waals surface area contributed by atoms with E-state index in [0.717, 1.165) is 13.1 Å². The first-order valence-electron chi connectivity index (χ1n) is 6.23. The Morgan fingerprint density at radius 3 is 2.53 bits per heavy atom. The van der Waals surface area contributed by atoms with Crippen LogP contribution in [0.4, 0.5) is 4.79 Å². The standard InChI is InChI=1S/C11H20N4O4/c1-8(6-10(17)18)14-11(19)13-7-9(16)15-4-2-12-3-5-15/h8,12H,2-7H2,1H3,(H,17,18)(H2,13,14,19). The number of nitrogens with one attached hydrogen (secondary N) is 3. The lowest BCUT2D eigenvalue weighted by Crippen LogP contribution is -2.51. The van der Waals surface area contributed by atoms with Crippen LogP contribution >= 0.6 is 0 Å². The number of urea groups is 1. The summed E-state index contributed by atoms with van der Waals surface area (Å²) < 4.78 is 0. The van der Waals surface area contributed by atoms with Crippen LogP contribution in [-0.2, 0) is 9.59 Å². The van der Waals surface area contributed by atoms with Crippen molar-refractivity contribution in [2.24, 2.45) is 0 Å². The topological polar surface area (TPSA) is 111 Å². The second-order valence-corrected chi connectivity index (χ2v) is 4.46. The average Bonchev–Trinajstić information content (AvgIpc) is 2.36. The Bertz CT molecular complexity index is 342. The number of hydrogen-bond acceptors (Lipinski definition) is 4. The number of amides is 3. The number of aliphatic carboxylic acids is 1. The smallest absolute Gasteiger partial charge is 0.315 e. The Morgan fingerprint density at radius 2 is 1.95 bits per heavy atom. The highest BCUT2D eigenvalue weighted by molar-refractivity contribution is 5.84. The van der Waals surface area contributed by atoms with Gasteiger partial charge < -0.3 is 26.0 Å². The molecule has 1 saturated heterocycles. The number of rotatable bonds is 5. The zero-order valence-electron chi connectivity index (χ0n) is 10.9. The predicted octanol–water partition coefficient (Wildman–Crippen LogP) is -1.42. The maximum Gasteiger partial charge on any atom is 0.315 e. The molecule has 1 fully saturated rings. The second kappa shape index (κ2) is 7.57. The first kappa shape index (κ1) is 15.2. The van der Waals surface area contributed by atoms with Gasteiger partial charge in [0.05, 0.1) is 13.0 Å². The molecule has 0 aromatic rings. The van der Waals surface area contributed by atoms with Gasteiger partial charge in [-0.25, -0.2) is 4.79 Å². The summed E-state index contributed by atoms with van der Waals surface area (Å²) in [5.74, 6) is -1.12. The van der Waals surface area contributed by atoms with Gasteiger partial charge in [0.2, 0.25) is 5.91 Å². The lowest BCUT2D eigenvalue weighted by Gasteiger charge is -2.27. The van der Waals surface area contributed by atoms with Gasteiger partial charge in [-0.1, -0.05) is 0 Å². The Balaban J connectivity index is 2.21. The van der Waals surface area contributed by atoms with E-state index in [1.165, 1.54) is 0 Å². The molecule has 1 aliphatic heterocycles.